The lowest BCUT2D eigenvalue weighted by atomic mass is 10.1. The van der Waals surface area contributed by atoms with Crippen molar-refractivity contribution < 1.29 is 28.6 Å². The molecule has 67 heavy (non-hydrogen) atoms. The first-order valence-electron chi connectivity index (χ1n) is 27.7. The van der Waals surface area contributed by atoms with E-state index in [0.717, 1.165) is 122 Å². The van der Waals surface area contributed by atoms with E-state index in [1.807, 2.05) is 0 Å². The van der Waals surface area contributed by atoms with E-state index >= 15 is 0 Å². The Bertz CT molecular complexity index is 1350. The van der Waals surface area contributed by atoms with E-state index in [1.165, 1.54) is 89.9 Å². The molecule has 0 radical (unpaired) electrons. The molecule has 0 bridgehead atoms. The van der Waals surface area contributed by atoms with E-state index < -0.39 is 6.10 Å². The smallest absolute Gasteiger partial charge is 0.306 e. The molecule has 0 N–H and O–H groups in total. The fraction of sp³-hybridized carbons (Fsp3) is 0.689. The van der Waals surface area contributed by atoms with Gasteiger partial charge < -0.3 is 14.2 Å². The molecule has 6 nitrogen and oxygen atoms in total. The van der Waals surface area contributed by atoms with Crippen LogP contribution in [0.15, 0.2) is 97.2 Å². The van der Waals surface area contributed by atoms with E-state index in [1.54, 1.807) is 0 Å². The Morgan fingerprint density at radius 2 is 0.582 bits per heavy atom. The van der Waals surface area contributed by atoms with Crippen molar-refractivity contribution in [2.45, 2.75) is 258 Å². The van der Waals surface area contributed by atoms with Crippen molar-refractivity contribution in [3.05, 3.63) is 97.2 Å². The third kappa shape index (κ3) is 53.2. The molecule has 1 atom stereocenters. The lowest BCUT2D eigenvalue weighted by Gasteiger charge is -2.18. The van der Waals surface area contributed by atoms with Crippen LogP contribution in [0.4, 0.5) is 0 Å². The monoisotopic (exact) mass is 931 g/mol. The number of hydrogen-bond donors (Lipinski definition) is 0. The largest absolute Gasteiger partial charge is 0.462 e. The minimum Gasteiger partial charge on any atom is -0.462 e. The number of carbonyl (C=O) groups is 3. The normalized spacial score (nSPS) is 12.8. The van der Waals surface area contributed by atoms with Gasteiger partial charge in [0.05, 0.1) is 0 Å². The van der Waals surface area contributed by atoms with Crippen LogP contribution in [0.1, 0.15) is 252 Å². The maximum Gasteiger partial charge on any atom is 0.306 e. The third-order valence-electron chi connectivity index (χ3n) is 11.6. The van der Waals surface area contributed by atoms with Crippen molar-refractivity contribution in [2.24, 2.45) is 0 Å². The zero-order chi connectivity index (χ0) is 48.6. The van der Waals surface area contributed by atoms with Crippen molar-refractivity contribution >= 4 is 17.9 Å². The highest BCUT2D eigenvalue weighted by Crippen LogP contribution is 2.14. The summed E-state index contributed by atoms with van der Waals surface area (Å²) in [5, 5.41) is 0. The quantitative estimate of drug-likeness (QED) is 0.0262. The van der Waals surface area contributed by atoms with Gasteiger partial charge in [0.25, 0.3) is 0 Å². The molecule has 0 aromatic heterocycles. The summed E-state index contributed by atoms with van der Waals surface area (Å²) in [6.07, 6.45) is 72.5. The molecule has 0 rings (SSSR count). The van der Waals surface area contributed by atoms with Gasteiger partial charge in [-0.2, -0.15) is 0 Å². The summed E-state index contributed by atoms with van der Waals surface area (Å²) in [6.45, 7) is 6.45. The standard InChI is InChI=1S/C61H102O6/c1-4-7-10-13-16-19-22-24-26-28-30-32-34-36-39-42-45-48-51-54-60(63)66-57-58(56-65-59(62)53-50-47-44-41-38-21-18-15-12-9-6-3)67-61(64)55-52-49-46-43-40-37-35-33-31-29-27-25-23-20-17-14-11-8-5-2/h7,10,16-17,19-20,24-27,30-33,36,39,58H,4-6,8-9,11-15,18,21-23,28-29,34-35,37-38,40-57H2,1-3H3/b10-7-,19-16-,20-17-,26-24-,27-25-,32-30-,33-31-,39-36-/t58-/m1/s1. The molecule has 0 amide bonds. The number of hydrogen-bond acceptors (Lipinski definition) is 6. The molecule has 0 heterocycles. The number of unbranched alkanes of at least 4 members (excludes halogenated alkanes) is 22. The van der Waals surface area contributed by atoms with E-state index in [9.17, 15) is 14.4 Å². The van der Waals surface area contributed by atoms with Crippen molar-refractivity contribution in [1.82, 2.24) is 0 Å². The summed E-state index contributed by atoms with van der Waals surface area (Å²) in [4.78, 5) is 38.1. The zero-order valence-electron chi connectivity index (χ0n) is 43.6. The molecule has 6 heteroatoms. The van der Waals surface area contributed by atoms with Crippen LogP contribution in [0.25, 0.3) is 0 Å². The van der Waals surface area contributed by atoms with E-state index in [0.29, 0.717) is 19.3 Å². The topological polar surface area (TPSA) is 78.9 Å². The molecule has 0 aromatic rings. The average Bonchev–Trinajstić information content (AvgIpc) is 3.33. The van der Waals surface area contributed by atoms with Crippen molar-refractivity contribution in [1.29, 1.82) is 0 Å². The molecular formula is C61H102O6. The first kappa shape index (κ1) is 63.3. The second-order valence-corrected chi connectivity index (χ2v) is 18.1. The Morgan fingerprint density at radius 3 is 0.955 bits per heavy atom. The number of esters is 3. The summed E-state index contributed by atoms with van der Waals surface area (Å²) in [5.41, 5.74) is 0. The molecule has 0 unspecified atom stereocenters. The van der Waals surface area contributed by atoms with Crippen LogP contribution in [-0.2, 0) is 28.6 Å². The number of carbonyl (C=O) groups excluding carboxylic acids is 3. The van der Waals surface area contributed by atoms with E-state index in [4.69, 9.17) is 14.2 Å². The number of rotatable bonds is 49. The Hall–Kier alpha value is -3.67. The average molecular weight is 931 g/mol. The lowest BCUT2D eigenvalue weighted by Crippen LogP contribution is -2.30. The molecule has 0 saturated carbocycles. The second kappa shape index (κ2) is 54.9. The molecule has 0 saturated heterocycles. The maximum atomic E-state index is 12.8. The molecule has 0 aromatic carbocycles. The summed E-state index contributed by atoms with van der Waals surface area (Å²) < 4.78 is 16.8. The van der Waals surface area contributed by atoms with Crippen LogP contribution in [0.5, 0.6) is 0 Å². The molecule has 0 aliphatic heterocycles. The molecule has 0 fully saturated rings. The van der Waals surface area contributed by atoms with Crippen LogP contribution in [0.3, 0.4) is 0 Å². The Balaban J connectivity index is 4.45. The molecule has 0 spiro atoms. The second-order valence-electron chi connectivity index (χ2n) is 18.1. The van der Waals surface area contributed by atoms with Gasteiger partial charge in [-0.1, -0.05) is 227 Å². The van der Waals surface area contributed by atoms with E-state index in [-0.39, 0.29) is 31.1 Å². The summed E-state index contributed by atoms with van der Waals surface area (Å²) in [5.74, 6) is -0.939. The fourth-order valence-electron chi connectivity index (χ4n) is 7.42. The number of allylic oxidation sites excluding steroid dienone is 16. The SMILES string of the molecule is CC/C=C\C/C=C\C/C=C\C/C=C\C/C=C\CCCCCC(=O)OC[C@@H](COC(=O)CCCCCCCCCCCCC)OC(=O)CCCCCCCC/C=C\C/C=C\C/C=C\CCCCC. The van der Waals surface area contributed by atoms with Gasteiger partial charge >= 0.3 is 17.9 Å². The first-order valence-corrected chi connectivity index (χ1v) is 27.7. The fourth-order valence-corrected chi connectivity index (χ4v) is 7.42. The number of ether oxygens (including phenoxy) is 3. The van der Waals surface area contributed by atoms with Crippen LogP contribution in [0.2, 0.25) is 0 Å². The van der Waals surface area contributed by atoms with Crippen molar-refractivity contribution in [3.8, 4) is 0 Å². The van der Waals surface area contributed by atoms with Gasteiger partial charge in [-0.25, -0.2) is 0 Å². The first-order chi connectivity index (χ1) is 33.0. The molecular weight excluding hydrogens is 829 g/mol. The Morgan fingerprint density at radius 1 is 0.313 bits per heavy atom. The third-order valence-corrected chi connectivity index (χ3v) is 11.6. The van der Waals surface area contributed by atoms with E-state index in [2.05, 4.69) is 118 Å². The van der Waals surface area contributed by atoms with Gasteiger partial charge in [0, 0.05) is 19.3 Å². The van der Waals surface area contributed by atoms with Gasteiger partial charge in [-0.05, 0) is 103 Å². The molecule has 382 valence electrons. The van der Waals surface area contributed by atoms with Gasteiger partial charge in [-0.3, -0.25) is 14.4 Å². The van der Waals surface area contributed by atoms with Crippen LogP contribution >= 0.6 is 0 Å². The highest BCUT2D eigenvalue weighted by molar-refractivity contribution is 5.71. The van der Waals surface area contributed by atoms with Gasteiger partial charge in [0.2, 0.25) is 0 Å². The van der Waals surface area contributed by atoms with Gasteiger partial charge in [0.15, 0.2) is 6.10 Å². The minimum absolute atomic E-state index is 0.0929. The summed E-state index contributed by atoms with van der Waals surface area (Å²) in [7, 11) is 0. The van der Waals surface area contributed by atoms with Crippen molar-refractivity contribution in [2.75, 3.05) is 13.2 Å². The summed E-state index contributed by atoms with van der Waals surface area (Å²) >= 11 is 0. The minimum atomic E-state index is -0.797. The Kier molecular flexibility index (Phi) is 51.9. The predicted molar refractivity (Wildman–Crippen MR) is 288 cm³/mol. The predicted octanol–water partition coefficient (Wildman–Crippen LogP) is 18.5. The molecule has 0 aliphatic carbocycles. The highest BCUT2D eigenvalue weighted by atomic mass is 16.6. The lowest BCUT2D eigenvalue weighted by molar-refractivity contribution is -0.167. The van der Waals surface area contributed by atoms with Crippen LogP contribution < -0.4 is 0 Å². The maximum absolute atomic E-state index is 12.8. The van der Waals surface area contributed by atoms with Crippen LogP contribution in [0, 0.1) is 0 Å². The molecule has 0 aliphatic rings. The van der Waals surface area contributed by atoms with Gasteiger partial charge in [-0.15, -0.1) is 0 Å². The highest BCUT2D eigenvalue weighted by Gasteiger charge is 2.19. The van der Waals surface area contributed by atoms with Crippen molar-refractivity contribution in [3.63, 3.8) is 0 Å². The summed E-state index contributed by atoms with van der Waals surface area (Å²) in [6, 6.07) is 0. The zero-order valence-corrected chi connectivity index (χ0v) is 43.6. The van der Waals surface area contributed by atoms with Gasteiger partial charge in [0.1, 0.15) is 13.2 Å². The Labute approximate surface area is 413 Å². The van der Waals surface area contributed by atoms with Crippen LogP contribution in [-0.4, -0.2) is 37.2 Å².